The van der Waals surface area contributed by atoms with Gasteiger partial charge in [0.25, 0.3) is 5.56 Å². The van der Waals surface area contributed by atoms with Crippen LogP contribution in [0.1, 0.15) is 25.8 Å². The molecule has 4 rings (SSSR count). The van der Waals surface area contributed by atoms with Gasteiger partial charge in [-0.25, -0.2) is 13.2 Å². The number of fused-ring (bicyclic) bond motifs is 1. The van der Waals surface area contributed by atoms with Crippen molar-refractivity contribution in [1.29, 1.82) is 0 Å². The zero-order valence-electron chi connectivity index (χ0n) is 16.5. The maximum Gasteiger partial charge on any atom is 0.326 e. The van der Waals surface area contributed by atoms with Crippen molar-refractivity contribution in [3.05, 3.63) is 69.5 Å². The number of pyridine rings is 1. The van der Waals surface area contributed by atoms with Crippen LogP contribution in [0, 0.1) is 5.92 Å². The molecule has 0 aliphatic heterocycles. The first-order chi connectivity index (χ1) is 14.7. The second kappa shape index (κ2) is 7.89. The molecule has 3 heterocycles. The molecule has 0 radical (unpaired) electrons. The molecule has 0 spiro atoms. The lowest BCUT2D eigenvalue weighted by molar-refractivity contribution is 0.311. The Kier molecular flexibility index (Phi) is 5.25. The molecular formula is C19H18N6O5S. The molecule has 0 fully saturated rings. The van der Waals surface area contributed by atoms with E-state index < -0.39 is 27.3 Å². The third-order valence-corrected chi connectivity index (χ3v) is 6.04. The molecule has 3 aromatic heterocycles. The van der Waals surface area contributed by atoms with E-state index in [1.54, 1.807) is 38.4 Å². The molecule has 0 saturated heterocycles. The molecule has 160 valence electrons. The summed E-state index contributed by atoms with van der Waals surface area (Å²) in [7, 11) is -4.06. The zero-order valence-corrected chi connectivity index (χ0v) is 17.3. The second-order valence-electron chi connectivity index (χ2n) is 7.16. The monoisotopic (exact) mass is 442 g/mol. The first kappa shape index (κ1) is 20.6. The predicted molar refractivity (Wildman–Crippen MR) is 111 cm³/mol. The van der Waals surface area contributed by atoms with Crippen molar-refractivity contribution < 1.29 is 12.9 Å². The third-order valence-electron chi connectivity index (χ3n) is 4.60. The van der Waals surface area contributed by atoms with Crippen molar-refractivity contribution in [3.63, 3.8) is 0 Å². The van der Waals surface area contributed by atoms with Crippen LogP contribution in [0.4, 0.5) is 0 Å². The molecule has 0 unspecified atom stereocenters. The number of hydrogen-bond donors (Lipinski definition) is 3. The molecule has 31 heavy (non-hydrogen) atoms. The number of aromatic amines is 2. The summed E-state index contributed by atoms with van der Waals surface area (Å²) in [4.78, 5) is 36.1. The average Bonchev–Trinajstić information content (AvgIpc) is 3.22. The summed E-state index contributed by atoms with van der Waals surface area (Å²) in [5, 5.41) is 3.96. The van der Waals surface area contributed by atoms with Gasteiger partial charge in [0.1, 0.15) is 6.04 Å². The molecule has 4 aromatic rings. The lowest BCUT2D eigenvalue weighted by atomic mass is 10.1. The van der Waals surface area contributed by atoms with Crippen molar-refractivity contribution in [2.24, 2.45) is 5.92 Å². The van der Waals surface area contributed by atoms with Crippen molar-refractivity contribution in [2.45, 2.75) is 24.8 Å². The molecule has 3 N–H and O–H groups in total. The van der Waals surface area contributed by atoms with Crippen LogP contribution in [-0.2, 0) is 10.0 Å². The summed E-state index contributed by atoms with van der Waals surface area (Å²) in [5.74, 6) is 0.159. The molecule has 0 bridgehead atoms. The first-order valence-corrected chi connectivity index (χ1v) is 10.8. The van der Waals surface area contributed by atoms with E-state index in [0.29, 0.717) is 5.56 Å². The Hall–Kier alpha value is -3.64. The number of benzene rings is 1. The summed E-state index contributed by atoms with van der Waals surface area (Å²) in [6.45, 7) is 3.61. The summed E-state index contributed by atoms with van der Waals surface area (Å²) >= 11 is 0. The molecule has 0 aliphatic carbocycles. The van der Waals surface area contributed by atoms with Gasteiger partial charge >= 0.3 is 5.69 Å². The lowest BCUT2D eigenvalue weighted by Crippen LogP contribution is -2.32. The molecule has 11 nitrogen and oxygen atoms in total. The molecular weight excluding hydrogens is 424 g/mol. The van der Waals surface area contributed by atoms with E-state index in [4.69, 9.17) is 4.52 Å². The highest BCUT2D eigenvalue weighted by molar-refractivity contribution is 7.89. The first-order valence-electron chi connectivity index (χ1n) is 9.27. The fourth-order valence-electron chi connectivity index (χ4n) is 2.99. The highest BCUT2D eigenvalue weighted by Crippen LogP contribution is 2.26. The van der Waals surface area contributed by atoms with E-state index in [1.807, 2.05) is 0 Å². The van der Waals surface area contributed by atoms with E-state index in [1.165, 1.54) is 18.2 Å². The smallest absolute Gasteiger partial charge is 0.326 e. The molecule has 12 heteroatoms. The van der Waals surface area contributed by atoms with Crippen LogP contribution >= 0.6 is 0 Å². The number of nitrogens with zero attached hydrogens (tertiary/aromatic N) is 3. The van der Waals surface area contributed by atoms with Gasteiger partial charge in [-0.05, 0) is 36.2 Å². The minimum Gasteiger partial charge on any atom is -0.337 e. The molecule has 0 amide bonds. The van der Waals surface area contributed by atoms with Crippen molar-refractivity contribution >= 4 is 20.9 Å². The maximum absolute atomic E-state index is 13.0. The molecule has 0 saturated carbocycles. The van der Waals surface area contributed by atoms with Gasteiger partial charge in [-0.1, -0.05) is 19.0 Å². The second-order valence-corrected chi connectivity index (χ2v) is 8.87. The van der Waals surface area contributed by atoms with Crippen molar-refractivity contribution in [2.75, 3.05) is 0 Å². The third kappa shape index (κ3) is 4.15. The van der Waals surface area contributed by atoms with Gasteiger partial charge < -0.3 is 9.51 Å². The molecule has 0 aliphatic rings. The Morgan fingerprint density at radius 2 is 1.94 bits per heavy atom. The topological polar surface area (TPSA) is 164 Å². The van der Waals surface area contributed by atoms with Gasteiger partial charge in [0.15, 0.2) is 0 Å². The van der Waals surface area contributed by atoms with Crippen LogP contribution in [-0.4, -0.2) is 33.5 Å². The highest BCUT2D eigenvalue weighted by atomic mass is 32.2. The van der Waals surface area contributed by atoms with Gasteiger partial charge in [-0.15, -0.1) is 0 Å². The standard InChI is InChI=1S/C19H18N6O5S/c1-10(2)15(18-22-16(24-30-18)11-4-3-7-20-9-11)25-31(28,29)12-5-6-14-13(8-12)17(26)23-19(27)21-14/h3-10,15,25H,1-2H3,(H2,21,23,26,27)/t15-/m0/s1. The summed E-state index contributed by atoms with van der Waals surface area (Å²) < 4.78 is 33.9. The van der Waals surface area contributed by atoms with Crippen LogP contribution in [0.25, 0.3) is 22.3 Å². The number of sulfonamides is 1. The Bertz CT molecular complexity index is 1460. The summed E-state index contributed by atoms with van der Waals surface area (Å²) in [6, 6.07) is 6.52. The average molecular weight is 442 g/mol. The summed E-state index contributed by atoms with van der Waals surface area (Å²) in [5.41, 5.74) is -0.502. The van der Waals surface area contributed by atoms with Gasteiger partial charge in [-0.3, -0.25) is 14.8 Å². The Morgan fingerprint density at radius 1 is 1.13 bits per heavy atom. The SMILES string of the molecule is CC(C)[C@H](NS(=O)(=O)c1ccc2[nH]c(=O)[nH]c(=O)c2c1)c1nc(-c2cccnc2)no1. The maximum atomic E-state index is 13.0. The number of nitrogens with one attached hydrogen (secondary N) is 3. The van der Waals surface area contributed by atoms with Gasteiger partial charge in [0, 0.05) is 18.0 Å². The van der Waals surface area contributed by atoms with E-state index in [-0.39, 0.29) is 33.4 Å². The molecule has 1 atom stereocenters. The largest absolute Gasteiger partial charge is 0.337 e. The summed E-state index contributed by atoms with van der Waals surface area (Å²) in [6.07, 6.45) is 3.18. The Labute approximate surface area is 175 Å². The Balaban J connectivity index is 1.68. The van der Waals surface area contributed by atoms with Gasteiger partial charge in [0.2, 0.25) is 21.7 Å². The van der Waals surface area contributed by atoms with Crippen LogP contribution in [0.3, 0.4) is 0 Å². The lowest BCUT2D eigenvalue weighted by Gasteiger charge is -2.18. The van der Waals surface area contributed by atoms with Crippen LogP contribution in [0.2, 0.25) is 0 Å². The zero-order chi connectivity index (χ0) is 22.2. The van der Waals surface area contributed by atoms with E-state index in [9.17, 15) is 18.0 Å². The van der Waals surface area contributed by atoms with Crippen molar-refractivity contribution in [3.8, 4) is 11.4 Å². The Morgan fingerprint density at radius 3 is 2.65 bits per heavy atom. The fraction of sp³-hybridized carbons (Fsp3) is 0.211. The van der Waals surface area contributed by atoms with Gasteiger partial charge in [0.05, 0.1) is 15.8 Å². The number of aromatic nitrogens is 5. The van der Waals surface area contributed by atoms with Crippen LogP contribution < -0.4 is 16.0 Å². The fourth-order valence-corrected chi connectivity index (χ4v) is 4.36. The van der Waals surface area contributed by atoms with Crippen LogP contribution in [0.5, 0.6) is 0 Å². The van der Waals surface area contributed by atoms with Crippen molar-refractivity contribution in [1.82, 2.24) is 29.8 Å². The minimum atomic E-state index is -4.06. The normalized spacial score (nSPS) is 13.0. The van der Waals surface area contributed by atoms with E-state index in [0.717, 1.165) is 0 Å². The van der Waals surface area contributed by atoms with E-state index in [2.05, 4.69) is 29.8 Å². The van der Waals surface area contributed by atoms with Gasteiger partial charge in [-0.2, -0.15) is 9.71 Å². The minimum absolute atomic E-state index is 0.0419. The number of hydrogen-bond acceptors (Lipinski definition) is 8. The quantitative estimate of drug-likeness (QED) is 0.402. The number of rotatable bonds is 6. The van der Waals surface area contributed by atoms with Crippen LogP contribution in [0.15, 0.2) is 61.7 Å². The highest BCUT2D eigenvalue weighted by Gasteiger charge is 2.29. The van der Waals surface area contributed by atoms with E-state index >= 15 is 0 Å². The number of H-pyrrole nitrogens is 2. The molecule has 1 aromatic carbocycles. The predicted octanol–water partition coefficient (Wildman–Crippen LogP) is 1.34.